The van der Waals surface area contributed by atoms with Gasteiger partial charge in [-0.05, 0) is 12.8 Å². The van der Waals surface area contributed by atoms with Gasteiger partial charge in [0.2, 0.25) is 0 Å². The second-order valence-electron chi connectivity index (χ2n) is 4.67. The topological polar surface area (TPSA) is 127 Å². The molecule has 1 aromatic rings. The fourth-order valence-electron chi connectivity index (χ4n) is 2.13. The largest absolute Gasteiger partial charge is 0.310 e. The van der Waals surface area contributed by atoms with E-state index in [2.05, 4.69) is 10.1 Å². The zero-order valence-electron chi connectivity index (χ0n) is 12.1. The van der Waals surface area contributed by atoms with Gasteiger partial charge in [-0.2, -0.15) is 0 Å². The van der Waals surface area contributed by atoms with Crippen molar-refractivity contribution in [3.63, 3.8) is 0 Å². The van der Waals surface area contributed by atoms with Crippen LogP contribution in [-0.4, -0.2) is 19.4 Å². The molecule has 1 heterocycles. The third-order valence-corrected chi connectivity index (χ3v) is 6.47. The molecular formula is C11H20N4O4S2. The van der Waals surface area contributed by atoms with E-state index in [9.17, 15) is 18.5 Å². The molecule has 10 heteroatoms. The van der Waals surface area contributed by atoms with Gasteiger partial charge in [-0.1, -0.05) is 38.0 Å². The lowest BCUT2D eigenvalue weighted by molar-refractivity contribution is -0.383. The SMILES string of the molecule is CCC(CC)C(C)NS(=O)(=O)c1cc([N+](=O)[O-])c(NN)s1. The molecule has 0 amide bonds. The first-order valence-electron chi connectivity index (χ1n) is 6.53. The van der Waals surface area contributed by atoms with Crippen molar-refractivity contribution in [3.8, 4) is 0 Å². The number of hydrazine groups is 1. The Hall–Kier alpha value is -1.23. The van der Waals surface area contributed by atoms with Crippen molar-refractivity contribution >= 4 is 32.0 Å². The average molecular weight is 336 g/mol. The summed E-state index contributed by atoms with van der Waals surface area (Å²) < 4.78 is 27.0. The molecule has 0 aliphatic heterocycles. The van der Waals surface area contributed by atoms with E-state index < -0.39 is 14.9 Å². The van der Waals surface area contributed by atoms with E-state index in [0.29, 0.717) is 0 Å². The van der Waals surface area contributed by atoms with Crippen LogP contribution in [0.1, 0.15) is 33.6 Å². The van der Waals surface area contributed by atoms with Gasteiger partial charge in [0, 0.05) is 12.1 Å². The molecule has 1 rings (SSSR count). The molecule has 0 aliphatic carbocycles. The normalized spacial score (nSPS) is 13.4. The lowest BCUT2D eigenvalue weighted by atomic mass is 9.96. The minimum atomic E-state index is -3.80. The number of nitrogen functional groups attached to an aromatic ring is 1. The van der Waals surface area contributed by atoms with Crippen molar-refractivity contribution in [2.45, 2.75) is 43.9 Å². The Kier molecular flexibility index (Phi) is 6.08. The van der Waals surface area contributed by atoms with Crippen molar-refractivity contribution in [3.05, 3.63) is 16.2 Å². The summed E-state index contributed by atoms with van der Waals surface area (Å²) >= 11 is 0.735. The van der Waals surface area contributed by atoms with Gasteiger partial charge in [0.25, 0.3) is 10.0 Å². The van der Waals surface area contributed by atoms with Crippen molar-refractivity contribution in [2.24, 2.45) is 11.8 Å². The van der Waals surface area contributed by atoms with Crippen LogP contribution in [0, 0.1) is 16.0 Å². The smallest absolute Gasteiger partial charge is 0.306 e. The van der Waals surface area contributed by atoms with Crippen molar-refractivity contribution in [1.29, 1.82) is 0 Å². The van der Waals surface area contributed by atoms with Gasteiger partial charge in [-0.15, -0.1) is 0 Å². The minimum Gasteiger partial charge on any atom is -0.310 e. The van der Waals surface area contributed by atoms with Crippen molar-refractivity contribution in [1.82, 2.24) is 4.72 Å². The molecule has 1 aromatic heterocycles. The van der Waals surface area contributed by atoms with Crippen LogP contribution >= 0.6 is 11.3 Å². The minimum absolute atomic E-state index is 0.00978. The van der Waals surface area contributed by atoms with Crippen LogP contribution in [0.3, 0.4) is 0 Å². The van der Waals surface area contributed by atoms with Crippen LogP contribution in [0.2, 0.25) is 0 Å². The molecule has 1 unspecified atom stereocenters. The molecule has 8 nitrogen and oxygen atoms in total. The van der Waals surface area contributed by atoms with E-state index in [1.165, 1.54) is 0 Å². The number of rotatable bonds is 8. The van der Waals surface area contributed by atoms with E-state index in [1.807, 2.05) is 13.8 Å². The second-order valence-corrected chi connectivity index (χ2v) is 7.66. The van der Waals surface area contributed by atoms with E-state index in [4.69, 9.17) is 5.84 Å². The average Bonchev–Trinajstić information content (AvgIpc) is 2.84. The molecule has 1 atom stereocenters. The van der Waals surface area contributed by atoms with Crippen LogP contribution in [-0.2, 0) is 10.0 Å². The van der Waals surface area contributed by atoms with Crippen LogP contribution in [0.25, 0.3) is 0 Å². The Morgan fingerprint density at radius 3 is 2.38 bits per heavy atom. The first-order chi connectivity index (χ1) is 9.76. The second kappa shape index (κ2) is 7.16. The lowest BCUT2D eigenvalue weighted by Gasteiger charge is -2.21. The molecule has 21 heavy (non-hydrogen) atoms. The number of hydrogen-bond acceptors (Lipinski definition) is 7. The molecule has 0 aromatic carbocycles. The number of nitro groups is 1. The number of thiophene rings is 1. The molecule has 4 N–H and O–H groups in total. The molecule has 0 saturated carbocycles. The van der Waals surface area contributed by atoms with Gasteiger partial charge in [0.15, 0.2) is 5.00 Å². The fourth-order valence-corrected chi connectivity index (χ4v) is 4.69. The van der Waals surface area contributed by atoms with Crippen LogP contribution in [0.15, 0.2) is 10.3 Å². The van der Waals surface area contributed by atoms with Gasteiger partial charge in [-0.3, -0.25) is 10.1 Å². The predicted octanol–water partition coefficient (Wildman–Crippen LogP) is 2.04. The standard InChI is InChI=1S/C11H20N4O4S2/c1-4-8(5-2)7(3)14-21(18,19)10-6-9(15(16)17)11(13-12)20-10/h6-8,13-14H,4-5,12H2,1-3H3. The number of nitrogens with one attached hydrogen (secondary N) is 2. The van der Waals surface area contributed by atoms with Crippen molar-refractivity contribution < 1.29 is 13.3 Å². The summed E-state index contributed by atoms with van der Waals surface area (Å²) in [5.74, 6) is 5.39. The molecule has 0 bridgehead atoms. The summed E-state index contributed by atoms with van der Waals surface area (Å²) in [5, 5.41) is 10.9. The fraction of sp³-hybridized carbons (Fsp3) is 0.636. The van der Waals surface area contributed by atoms with E-state index in [1.54, 1.807) is 6.92 Å². The number of sulfonamides is 1. The molecule has 0 radical (unpaired) electrons. The number of nitrogens with two attached hydrogens (primary N) is 1. The van der Waals surface area contributed by atoms with Gasteiger partial charge in [-0.25, -0.2) is 19.0 Å². The maximum atomic E-state index is 12.3. The number of nitrogens with zero attached hydrogens (tertiary/aromatic N) is 1. The third kappa shape index (κ3) is 4.13. The summed E-state index contributed by atoms with van der Waals surface area (Å²) in [7, 11) is -3.80. The van der Waals surface area contributed by atoms with Gasteiger partial charge in [0.1, 0.15) is 4.21 Å². The van der Waals surface area contributed by atoms with E-state index in [-0.39, 0.29) is 26.9 Å². The van der Waals surface area contributed by atoms with Crippen molar-refractivity contribution in [2.75, 3.05) is 5.43 Å². The molecule has 0 aliphatic rings. The summed E-state index contributed by atoms with van der Waals surface area (Å²) in [5.41, 5.74) is 1.80. The Balaban J connectivity index is 3.06. The quantitative estimate of drug-likeness (QED) is 0.379. The summed E-state index contributed by atoms with van der Waals surface area (Å²) in [4.78, 5) is 10.2. The first kappa shape index (κ1) is 17.8. The van der Waals surface area contributed by atoms with Gasteiger partial charge >= 0.3 is 5.69 Å². The highest BCUT2D eigenvalue weighted by atomic mass is 32.2. The highest BCUT2D eigenvalue weighted by Crippen LogP contribution is 2.36. The molecule has 120 valence electrons. The zero-order chi connectivity index (χ0) is 16.2. The molecular weight excluding hydrogens is 316 g/mol. The Labute approximate surface area is 127 Å². The van der Waals surface area contributed by atoms with Crippen LogP contribution in [0.5, 0.6) is 0 Å². The van der Waals surface area contributed by atoms with Crippen LogP contribution < -0.4 is 16.0 Å². The Bertz CT molecular complexity index is 595. The Morgan fingerprint density at radius 2 is 2.00 bits per heavy atom. The third-order valence-electron chi connectivity index (χ3n) is 3.38. The number of anilines is 1. The number of hydrogen-bond donors (Lipinski definition) is 3. The maximum absolute atomic E-state index is 12.3. The molecule has 0 saturated heterocycles. The molecule has 0 spiro atoms. The summed E-state index contributed by atoms with van der Waals surface area (Å²) in [6, 6.07) is 0.766. The predicted molar refractivity (Wildman–Crippen MR) is 82.6 cm³/mol. The van der Waals surface area contributed by atoms with E-state index in [0.717, 1.165) is 30.2 Å². The molecule has 0 fully saturated rings. The zero-order valence-corrected chi connectivity index (χ0v) is 13.8. The Morgan fingerprint density at radius 1 is 1.43 bits per heavy atom. The monoisotopic (exact) mass is 336 g/mol. The van der Waals surface area contributed by atoms with Gasteiger partial charge < -0.3 is 5.43 Å². The van der Waals surface area contributed by atoms with E-state index >= 15 is 0 Å². The van der Waals surface area contributed by atoms with Gasteiger partial charge in [0.05, 0.1) is 4.92 Å². The maximum Gasteiger partial charge on any atom is 0.306 e. The summed E-state index contributed by atoms with van der Waals surface area (Å²) in [6.45, 7) is 5.77. The summed E-state index contributed by atoms with van der Waals surface area (Å²) in [6.07, 6.45) is 1.70. The highest BCUT2D eigenvalue weighted by molar-refractivity contribution is 7.91. The van der Waals surface area contributed by atoms with Crippen LogP contribution in [0.4, 0.5) is 10.7 Å². The highest BCUT2D eigenvalue weighted by Gasteiger charge is 2.28. The lowest BCUT2D eigenvalue weighted by Crippen LogP contribution is -2.37. The first-order valence-corrected chi connectivity index (χ1v) is 8.83.